The van der Waals surface area contributed by atoms with E-state index in [4.69, 9.17) is 24.1 Å². The van der Waals surface area contributed by atoms with Gasteiger partial charge in [0.15, 0.2) is 0 Å². The molecule has 0 aliphatic carbocycles. The fraction of sp³-hybridized carbons (Fsp3) is 0.913. The number of hydrogen-bond acceptors (Lipinski definition) is 18. The van der Waals surface area contributed by atoms with Crippen molar-refractivity contribution in [3.05, 3.63) is 0 Å². The molecule has 0 saturated carbocycles. The number of carbonyl (C=O) groups is 4. The van der Waals surface area contributed by atoms with Gasteiger partial charge in [-0.25, -0.2) is 0 Å². The lowest BCUT2D eigenvalue weighted by Gasteiger charge is -2.25. The lowest BCUT2D eigenvalue weighted by Crippen LogP contribution is -2.47. The van der Waals surface area contributed by atoms with Crippen molar-refractivity contribution in [3.63, 3.8) is 0 Å². The third-order valence-corrected chi connectivity index (χ3v) is 10.9. The molecule has 0 bridgehead atoms. The Balaban J connectivity index is 5.36. The molecule has 0 unspecified atom stereocenters. The van der Waals surface area contributed by atoms with Gasteiger partial charge in [0.05, 0.1) is 62.8 Å². The summed E-state index contributed by atoms with van der Waals surface area (Å²) in [4.78, 5) is 51.2. The molecule has 0 fully saturated rings. The van der Waals surface area contributed by atoms with Crippen molar-refractivity contribution in [2.24, 2.45) is 0 Å². The van der Waals surface area contributed by atoms with Crippen molar-refractivity contribution in [1.29, 1.82) is 0 Å². The molecule has 64 heavy (non-hydrogen) atoms. The van der Waals surface area contributed by atoms with Gasteiger partial charge in [0, 0.05) is 19.3 Å². The quantitative estimate of drug-likeness (QED) is 0.0239. The topological polar surface area (TPSA) is 308 Å². The van der Waals surface area contributed by atoms with E-state index >= 15 is 0 Å². The van der Waals surface area contributed by atoms with E-state index in [1.54, 1.807) is 0 Å². The third kappa shape index (κ3) is 31.4. The van der Waals surface area contributed by atoms with Crippen LogP contribution < -0.4 is 0 Å². The number of rotatable bonds is 41. The maximum Gasteiger partial charge on any atom is 0.308 e. The maximum absolute atomic E-state index is 13.1. The number of hydrogen-bond donors (Lipinski definition) is 10. The number of esters is 4. The largest absolute Gasteiger partial charge is 0.463 e. The first-order valence-electron chi connectivity index (χ1n) is 23.9. The zero-order valence-corrected chi connectivity index (χ0v) is 39.1. The number of ether oxygens (including phenoxy) is 4. The van der Waals surface area contributed by atoms with Gasteiger partial charge in [0.1, 0.15) is 49.3 Å². The average molecular weight is 927 g/mol. The summed E-state index contributed by atoms with van der Waals surface area (Å²) in [7, 11) is 0. The minimum Gasteiger partial charge on any atom is -0.463 e. The van der Waals surface area contributed by atoms with E-state index < -0.39 is 130 Å². The molecule has 0 aromatic rings. The SMILES string of the molecule is CCCCC[C@@H](O)C[C@@H](O)CC(=O)O[C@H](CCCCC)C[C@@H](O)CC(=O)O[C@H](CCCCC)C[C@@H](O)CC(=O)O[C@H](CCCCC)C[C@@H](O)CC(=O)OC[C@@H](O)[C@@H](O)[C@H](O)[C@H](O)CO. The van der Waals surface area contributed by atoms with Gasteiger partial charge in [-0.15, -0.1) is 0 Å². The van der Waals surface area contributed by atoms with Crippen LogP contribution in [0.3, 0.4) is 0 Å². The van der Waals surface area contributed by atoms with Gasteiger partial charge < -0.3 is 70.0 Å². The molecule has 0 aromatic heterocycles. The summed E-state index contributed by atoms with van der Waals surface area (Å²) in [5, 5.41) is 101. The van der Waals surface area contributed by atoms with E-state index in [9.17, 15) is 65.1 Å². The number of aliphatic hydroxyl groups excluding tert-OH is 10. The van der Waals surface area contributed by atoms with Gasteiger partial charge in [0.2, 0.25) is 0 Å². The molecule has 0 aliphatic heterocycles. The Morgan fingerprint density at radius 1 is 0.391 bits per heavy atom. The minimum atomic E-state index is -1.94. The molecule has 12 atom stereocenters. The van der Waals surface area contributed by atoms with Crippen LogP contribution >= 0.6 is 0 Å². The maximum atomic E-state index is 13.1. The minimum absolute atomic E-state index is 0.0409. The molecular weight excluding hydrogens is 840 g/mol. The lowest BCUT2D eigenvalue weighted by atomic mass is 10.0. The molecular formula is C46H86O18. The highest BCUT2D eigenvalue weighted by Gasteiger charge is 2.32. The van der Waals surface area contributed by atoms with Crippen LogP contribution in [0.25, 0.3) is 0 Å². The van der Waals surface area contributed by atoms with Crippen molar-refractivity contribution in [2.45, 2.75) is 255 Å². The van der Waals surface area contributed by atoms with Gasteiger partial charge >= 0.3 is 23.9 Å². The fourth-order valence-corrected chi connectivity index (χ4v) is 7.22. The van der Waals surface area contributed by atoms with E-state index in [0.29, 0.717) is 44.9 Å². The monoisotopic (exact) mass is 927 g/mol. The molecule has 0 amide bonds. The molecule has 0 aromatic carbocycles. The van der Waals surface area contributed by atoms with Crippen molar-refractivity contribution >= 4 is 23.9 Å². The summed E-state index contributed by atoms with van der Waals surface area (Å²) >= 11 is 0. The molecule has 18 heteroatoms. The van der Waals surface area contributed by atoms with Crippen molar-refractivity contribution < 1.29 is 89.2 Å². The highest BCUT2D eigenvalue weighted by Crippen LogP contribution is 2.21. The molecule has 18 nitrogen and oxygen atoms in total. The van der Waals surface area contributed by atoms with E-state index in [1.807, 2.05) is 27.7 Å². The Hall–Kier alpha value is -2.52. The Labute approximate surface area is 380 Å². The lowest BCUT2D eigenvalue weighted by molar-refractivity contribution is -0.159. The zero-order valence-electron chi connectivity index (χ0n) is 39.1. The van der Waals surface area contributed by atoms with Gasteiger partial charge in [-0.1, -0.05) is 85.5 Å². The molecule has 0 radical (unpaired) electrons. The van der Waals surface area contributed by atoms with Crippen LogP contribution in [-0.4, -0.2) is 161 Å². The molecule has 10 N–H and O–H groups in total. The molecule has 0 spiro atoms. The Kier molecular flexibility index (Phi) is 36.1. The average Bonchev–Trinajstić information content (AvgIpc) is 3.21. The van der Waals surface area contributed by atoms with Gasteiger partial charge in [0.25, 0.3) is 0 Å². The predicted octanol–water partition coefficient (Wildman–Crippen LogP) is 2.95. The molecule has 378 valence electrons. The summed E-state index contributed by atoms with van der Waals surface area (Å²) in [6.45, 7) is 6.38. The van der Waals surface area contributed by atoms with Gasteiger partial charge in [-0.2, -0.15) is 0 Å². The highest BCUT2D eigenvalue weighted by atomic mass is 16.6. The fourth-order valence-electron chi connectivity index (χ4n) is 7.22. The molecule has 0 heterocycles. The molecule has 0 rings (SSSR count). The van der Waals surface area contributed by atoms with Gasteiger partial charge in [-0.05, 0) is 51.4 Å². The standard InChI is InChI=1S/C46H86O18/c1-5-9-13-17-31(48)21-32(49)26-42(56)62-37(19-15-11-7-3)23-34(51)28-44(58)64-38(20-16-12-8-4)24-35(52)27-43(57)63-36(18-14-10-6-2)22-33(50)25-41(55)61-30-40(54)46(60)45(59)39(53)29-47/h31-40,45-54,59-60H,5-30H2,1-4H3/t31-,32-,33-,34-,35-,36-,37-,38-,39-,40-,45-,46-/m1/s1. The van der Waals surface area contributed by atoms with E-state index in [2.05, 4.69) is 0 Å². The van der Waals surface area contributed by atoms with E-state index in [0.717, 1.165) is 57.8 Å². The number of carbonyl (C=O) groups excluding carboxylic acids is 4. The van der Waals surface area contributed by atoms with Crippen LogP contribution in [0.4, 0.5) is 0 Å². The van der Waals surface area contributed by atoms with Crippen LogP contribution in [-0.2, 0) is 38.1 Å². The first kappa shape index (κ1) is 61.5. The van der Waals surface area contributed by atoms with Crippen molar-refractivity contribution in [1.82, 2.24) is 0 Å². The Morgan fingerprint density at radius 2 is 0.703 bits per heavy atom. The van der Waals surface area contributed by atoms with Crippen LogP contribution in [0.5, 0.6) is 0 Å². The zero-order chi connectivity index (χ0) is 48.5. The summed E-state index contributed by atoms with van der Waals surface area (Å²) in [6.07, 6.45) is -5.74. The van der Waals surface area contributed by atoms with Crippen molar-refractivity contribution in [2.75, 3.05) is 13.2 Å². The Morgan fingerprint density at radius 3 is 1.05 bits per heavy atom. The number of unbranched alkanes of at least 4 members (excludes halogenated alkanes) is 8. The van der Waals surface area contributed by atoms with Crippen molar-refractivity contribution in [3.8, 4) is 0 Å². The van der Waals surface area contributed by atoms with Crippen LogP contribution in [0.1, 0.15) is 182 Å². The first-order valence-corrected chi connectivity index (χ1v) is 23.9. The van der Waals surface area contributed by atoms with E-state index in [-0.39, 0.29) is 32.1 Å². The van der Waals surface area contributed by atoms with Crippen LogP contribution in [0, 0.1) is 0 Å². The highest BCUT2D eigenvalue weighted by molar-refractivity contribution is 5.71. The number of aliphatic hydroxyl groups is 10. The Bertz CT molecular complexity index is 1210. The second-order valence-corrected chi connectivity index (χ2v) is 17.3. The van der Waals surface area contributed by atoms with Gasteiger partial charge in [-0.3, -0.25) is 19.2 Å². The normalized spacial score (nSPS) is 17.4. The summed E-state index contributed by atoms with van der Waals surface area (Å²) in [5.41, 5.74) is 0. The van der Waals surface area contributed by atoms with Crippen LogP contribution in [0.15, 0.2) is 0 Å². The third-order valence-electron chi connectivity index (χ3n) is 10.9. The smallest absolute Gasteiger partial charge is 0.308 e. The predicted molar refractivity (Wildman–Crippen MR) is 235 cm³/mol. The molecule has 0 aliphatic rings. The molecule has 0 saturated heterocycles. The first-order chi connectivity index (χ1) is 30.4. The summed E-state index contributed by atoms with van der Waals surface area (Å²) in [5.74, 6) is -3.14. The second kappa shape index (κ2) is 37.6. The second-order valence-electron chi connectivity index (χ2n) is 17.3. The summed E-state index contributed by atoms with van der Waals surface area (Å²) < 4.78 is 21.8. The summed E-state index contributed by atoms with van der Waals surface area (Å²) in [6, 6.07) is 0. The van der Waals surface area contributed by atoms with E-state index in [1.165, 1.54) is 0 Å². The van der Waals surface area contributed by atoms with Crippen LogP contribution in [0.2, 0.25) is 0 Å².